The summed E-state index contributed by atoms with van der Waals surface area (Å²) in [4.78, 5) is 20.4. The third kappa shape index (κ3) is 4.55. The maximum atomic E-state index is 12.7. The van der Waals surface area contributed by atoms with Gasteiger partial charge in [-0.05, 0) is 0 Å². The zero-order valence-electron chi connectivity index (χ0n) is 12.6. The van der Waals surface area contributed by atoms with Gasteiger partial charge in [0.25, 0.3) is 0 Å². The number of carbonyl (C=O) groups is 2. The van der Waals surface area contributed by atoms with Gasteiger partial charge in [-0.2, -0.15) is 0 Å². The SMILES string of the molecule is COc1cc(F)c(C=O)c(F)c1.COc1cc(F)cc(F)c1C=O. The van der Waals surface area contributed by atoms with Crippen LogP contribution in [0.3, 0.4) is 0 Å². The number of rotatable bonds is 4. The fraction of sp³-hybridized carbons (Fsp3) is 0.125. The van der Waals surface area contributed by atoms with E-state index in [4.69, 9.17) is 0 Å². The summed E-state index contributed by atoms with van der Waals surface area (Å²) < 4.78 is 59.9. The van der Waals surface area contributed by atoms with Crippen molar-refractivity contribution in [1.29, 1.82) is 0 Å². The van der Waals surface area contributed by atoms with E-state index in [0.717, 1.165) is 18.2 Å². The highest BCUT2D eigenvalue weighted by Gasteiger charge is 2.10. The number of hydrogen-bond acceptors (Lipinski definition) is 4. The highest BCUT2D eigenvalue weighted by Crippen LogP contribution is 2.21. The van der Waals surface area contributed by atoms with Crippen LogP contribution in [0.4, 0.5) is 17.6 Å². The second kappa shape index (κ2) is 8.66. The molecule has 0 bridgehead atoms. The first-order chi connectivity index (χ1) is 11.4. The number of benzene rings is 2. The zero-order chi connectivity index (χ0) is 18.3. The molecule has 8 heteroatoms. The van der Waals surface area contributed by atoms with Gasteiger partial charge in [0.1, 0.15) is 34.8 Å². The molecule has 0 aromatic heterocycles. The van der Waals surface area contributed by atoms with E-state index in [9.17, 15) is 27.2 Å². The Morgan fingerprint density at radius 3 is 1.67 bits per heavy atom. The minimum absolute atomic E-state index is 0.0515. The molecule has 0 atom stereocenters. The smallest absolute Gasteiger partial charge is 0.156 e. The van der Waals surface area contributed by atoms with E-state index in [2.05, 4.69) is 9.47 Å². The lowest BCUT2D eigenvalue weighted by Crippen LogP contribution is -1.95. The van der Waals surface area contributed by atoms with Gasteiger partial charge in [-0.1, -0.05) is 0 Å². The van der Waals surface area contributed by atoms with Crippen LogP contribution in [0.5, 0.6) is 11.5 Å². The molecule has 2 aromatic carbocycles. The van der Waals surface area contributed by atoms with Crippen molar-refractivity contribution in [2.24, 2.45) is 0 Å². The van der Waals surface area contributed by atoms with Crippen LogP contribution >= 0.6 is 0 Å². The molecule has 0 unspecified atom stereocenters. The van der Waals surface area contributed by atoms with Crippen LogP contribution in [0, 0.1) is 23.3 Å². The average Bonchev–Trinajstić information content (AvgIpc) is 2.54. The third-order valence-corrected chi connectivity index (χ3v) is 2.80. The molecule has 0 spiro atoms. The Hall–Kier alpha value is -2.90. The Morgan fingerprint density at radius 1 is 0.750 bits per heavy atom. The van der Waals surface area contributed by atoms with Crippen molar-refractivity contribution >= 4 is 12.6 Å². The fourth-order valence-electron chi connectivity index (χ4n) is 1.64. The van der Waals surface area contributed by atoms with Crippen LogP contribution in [-0.2, 0) is 0 Å². The van der Waals surface area contributed by atoms with Gasteiger partial charge in [0.2, 0.25) is 0 Å². The first-order valence-electron chi connectivity index (χ1n) is 6.34. The van der Waals surface area contributed by atoms with Gasteiger partial charge >= 0.3 is 0 Å². The van der Waals surface area contributed by atoms with E-state index in [1.807, 2.05) is 0 Å². The predicted molar refractivity (Wildman–Crippen MR) is 76.6 cm³/mol. The average molecular weight is 344 g/mol. The molecule has 2 rings (SSSR count). The van der Waals surface area contributed by atoms with Crippen LogP contribution < -0.4 is 9.47 Å². The molecule has 4 nitrogen and oxygen atoms in total. The molecule has 0 N–H and O–H groups in total. The van der Waals surface area contributed by atoms with Crippen LogP contribution in [0.2, 0.25) is 0 Å². The zero-order valence-corrected chi connectivity index (χ0v) is 12.6. The van der Waals surface area contributed by atoms with Crippen LogP contribution in [0.15, 0.2) is 24.3 Å². The van der Waals surface area contributed by atoms with E-state index >= 15 is 0 Å². The minimum Gasteiger partial charge on any atom is -0.497 e. The molecular formula is C16H12F4O4. The molecule has 24 heavy (non-hydrogen) atoms. The van der Waals surface area contributed by atoms with E-state index in [0.29, 0.717) is 6.07 Å². The lowest BCUT2D eigenvalue weighted by Gasteiger charge is -2.03. The normalized spacial score (nSPS) is 9.58. The summed E-state index contributed by atoms with van der Waals surface area (Å²) in [6, 6.07) is 3.48. The van der Waals surface area contributed by atoms with Crippen LogP contribution in [0.25, 0.3) is 0 Å². The van der Waals surface area contributed by atoms with Gasteiger partial charge in [-0.25, -0.2) is 17.6 Å². The van der Waals surface area contributed by atoms with Crippen LogP contribution in [-0.4, -0.2) is 26.8 Å². The molecule has 0 radical (unpaired) electrons. The summed E-state index contributed by atoms with van der Waals surface area (Å²) >= 11 is 0. The lowest BCUT2D eigenvalue weighted by molar-refractivity contribution is 0.110. The summed E-state index contributed by atoms with van der Waals surface area (Å²) in [6.45, 7) is 0. The number of hydrogen-bond donors (Lipinski definition) is 0. The number of carbonyl (C=O) groups excluding carboxylic acids is 2. The van der Waals surface area contributed by atoms with Crippen molar-refractivity contribution in [3.63, 3.8) is 0 Å². The third-order valence-electron chi connectivity index (χ3n) is 2.80. The van der Waals surface area contributed by atoms with Gasteiger partial charge in [0.15, 0.2) is 12.6 Å². The molecule has 0 saturated carbocycles. The summed E-state index contributed by atoms with van der Waals surface area (Å²) in [5, 5.41) is 0. The van der Waals surface area contributed by atoms with Gasteiger partial charge in [-0.15, -0.1) is 0 Å². The fourth-order valence-corrected chi connectivity index (χ4v) is 1.64. The Morgan fingerprint density at radius 2 is 1.25 bits per heavy atom. The van der Waals surface area contributed by atoms with Crippen molar-refractivity contribution in [3.8, 4) is 11.5 Å². The monoisotopic (exact) mass is 344 g/mol. The van der Waals surface area contributed by atoms with Crippen molar-refractivity contribution in [2.45, 2.75) is 0 Å². The molecule has 128 valence electrons. The molecular weight excluding hydrogens is 332 g/mol. The van der Waals surface area contributed by atoms with Crippen molar-refractivity contribution in [1.82, 2.24) is 0 Å². The highest BCUT2D eigenvalue weighted by molar-refractivity contribution is 5.79. The van der Waals surface area contributed by atoms with Crippen molar-refractivity contribution in [3.05, 3.63) is 58.7 Å². The summed E-state index contributed by atoms with van der Waals surface area (Å²) in [5.74, 6) is -3.56. The quantitative estimate of drug-likeness (QED) is 0.628. The molecule has 0 heterocycles. The van der Waals surface area contributed by atoms with E-state index in [1.165, 1.54) is 14.2 Å². The molecule has 2 aromatic rings. The summed E-state index contributed by atoms with van der Waals surface area (Å²) in [6.07, 6.45) is 0.414. The van der Waals surface area contributed by atoms with Crippen molar-refractivity contribution < 1.29 is 36.6 Å². The molecule has 0 amide bonds. The number of methoxy groups -OCH3 is 2. The topological polar surface area (TPSA) is 52.6 Å². The van der Waals surface area contributed by atoms with E-state index < -0.39 is 28.8 Å². The second-order valence-corrected chi connectivity index (χ2v) is 4.24. The minimum atomic E-state index is -0.915. The van der Waals surface area contributed by atoms with E-state index in [-0.39, 0.29) is 29.6 Å². The van der Waals surface area contributed by atoms with Crippen molar-refractivity contribution in [2.75, 3.05) is 14.2 Å². The highest BCUT2D eigenvalue weighted by atomic mass is 19.1. The Labute approximate surface area is 134 Å². The summed E-state index contributed by atoms with van der Waals surface area (Å²) in [7, 11) is 2.52. The number of halogens is 4. The first-order valence-corrected chi connectivity index (χ1v) is 6.34. The predicted octanol–water partition coefficient (Wildman–Crippen LogP) is 3.57. The summed E-state index contributed by atoms with van der Waals surface area (Å²) in [5.41, 5.74) is -0.838. The van der Waals surface area contributed by atoms with Gasteiger partial charge in [0, 0.05) is 24.3 Å². The molecule has 0 aliphatic rings. The number of aldehydes is 2. The second-order valence-electron chi connectivity index (χ2n) is 4.24. The first kappa shape index (κ1) is 19.1. The maximum Gasteiger partial charge on any atom is 0.156 e. The Bertz CT molecular complexity index is 724. The molecule has 0 aliphatic heterocycles. The van der Waals surface area contributed by atoms with Crippen LogP contribution in [0.1, 0.15) is 20.7 Å². The Kier molecular flexibility index (Phi) is 6.91. The molecule has 0 saturated heterocycles. The standard InChI is InChI=1S/2C8H6F2O2/c1-12-5-2-7(9)6(4-11)8(10)3-5;1-12-8-3-5(9)2-7(10)6(8)4-11/h2*2-4H,1H3. The maximum absolute atomic E-state index is 12.7. The molecule has 0 fully saturated rings. The number of ether oxygens (including phenoxy) is 2. The Balaban J connectivity index is 0.000000240. The van der Waals surface area contributed by atoms with Gasteiger partial charge < -0.3 is 9.47 Å². The lowest BCUT2D eigenvalue weighted by atomic mass is 10.2. The largest absolute Gasteiger partial charge is 0.497 e. The van der Waals surface area contributed by atoms with Gasteiger partial charge in [0.05, 0.1) is 25.3 Å². The van der Waals surface area contributed by atoms with E-state index in [1.54, 1.807) is 0 Å². The molecule has 0 aliphatic carbocycles. The van der Waals surface area contributed by atoms with Gasteiger partial charge in [-0.3, -0.25) is 9.59 Å².